The van der Waals surface area contributed by atoms with Crippen molar-refractivity contribution in [1.29, 1.82) is 0 Å². The van der Waals surface area contributed by atoms with Gasteiger partial charge in [-0.3, -0.25) is 0 Å². The monoisotopic (exact) mass is 243 g/mol. The molecular weight excluding hydrogens is 222 g/mol. The third-order valence-electron chi connectivity index (χ3n) is 3.00. The molecule has 0 spiro atoms. The lowest BCUT2D eigenvalue weighted by Gasteiger charge is -2.18. The summed E-state index contributed by atoms with van der Waals surface area (Å²) >= 11 is 0. The maximum atomic E-state index is 4.47. The minimum absolute atomic E-state index is 0.394. The fourth-order valence-electron chi connectivity index (χ4n) is 1.98. The number of aromatic nitrogens is 2. The Morgan fingerprint density at radius 3 is 2.56 bits per heavy atom. The molecule has 0 fully saturated rings. The summed E-state index contributed by atoms with van der Waals surface area (Å²) < 4.78 is 2.23. The Kier molecular flexibility index (Phi) is 4.15. The van der Waals surface area contributed by atoms with E-state index < -0.39 is 0 Å². The van der Waals surface area contributed by atoms with Crippen molar-refractivity contribution in [3.63, 3.8) is 0 Å². The van der Waals surface area contributed by atoms with Gasteiger partial charge in [-0.15, -0.1) is 0 Å². The molecule has 0 aliphatic heterocycles. The molecule has 0 saturated heterocycles. The highest BCUT2D eigenvalue weighted by Gasteiger charge is 2.11. The third kappa shape index (κ3) is 2.99. The molecule has 0 aliphatic rings. The lowest BCUT2D eigenvalue weighted by molar-refractivity contribution is 0.467. The van der Waals surface area contributed by atoms with E-state index in [9.17, 15) is 0 Å². The van der Waals surface area contributed by atoms with Gasteiger partial charge in [0.2, 0.25) is 0 Å². The number of hydrogen-bond donors (Lipinski definition) is 1. The van der Waals surface area contributed by atoms with Gasteiger partial charge >= 0.3 is 0 Å². The highest BCUT2D eigenvalue weighted by molar-refractivity contribution is 5.55. The second kappa shape index (κ2) is 5.83. The van der Waals surface area contributed by atoms with Crippen molar-refractivity contribution >= 4 is 0 Å². The number of benzene rings is 1. The van der Waals surface area contributed by atoms with Crippen LogP contribution in [0.2, 0.25) is 0 Å². The van der Waals surface area contributed by atoms with Crippen LogP contribution in [0.4, 0.5) is 0 Å². The van der Waals surface area contributed by atoms with E-state index in [1.54, 1.807) is 0 Å². The van der Waals surface area contributed by atoms with Gasteiger partial charge in [0.05, 0.1) is 0 Å². The summed E-state index contributed by atoms with van der Waals surface area (Å²) in [5.74, 6) is 1.04. The lowest BCUT2D eigenvalue weighted by Crippen LogP contribution is -2.29. The molecule has 3 nitrogen and oxygen atoms in total. The Balaban J connectivity index is 2.17. The van der Waals surface area contributed by atoms with Crippen LogP contribution in [0.15, 0.2) is 42.7 Å². The molecule has 1 N–H and O–H groups in total. The van der Waals surface area contributed by atoms with Gasteiger partial charge in [0.1, 0.15) is 5.82 Å². The summed E-state index contributed by atoms with van der Waals surface area (Å²) in [6.45, 7) is 7.49. The molecule has 96 valence electrons. The van der Waals surface area contributed by atoms with Crippen molar-refractivity contribution in [2.24, 2.45) is 0 Å². The fraction of sp³-hybridized carbons (Fsp3) is 0.400. The highest BCUT2D eigenvalue weighted by Crippen LogP contribution is 2.20. The quantitative estimate of drug-likeness (QED) is 0.874. The number of imidazole rings is 1. The van der Waals surface area contributed by atoms with Crippen LogP contribution in [0.25, 0.3) is 11.4 Å². The molecule has 1 aromatic carbocycles. The molecule has 0 radical (unpaired) electrons. The SMILES string of the molecule is CC(C)NCC(C)n1ccnc1-c1ccccc1. The number of nitrogens with one attached hydrogen (secondary N) is 1. The van der Waals surface area contributed by atoms with Gasteiger partial charge in [-0.2, -0.15) is 0 Å². The van der Waals surface area contributed by atoms with Gasteiger partial charge in [-0.05, 0) is 6.92 Å². The average Bonchev–Trinajstić information content (AvgIpc) is 2.86. The van der Waals surface area contributed by atoms with Crippen molar-refractivity contribution in [1.82, 2.24) is 14.9 Å². The van der Waals surface area contributed by atoms with E-state index in [1.165, 1.54) is 5.56 Å². The summed E-state index contributed by atoms with van der Waals surface area (Å²) in [4.78, 5) is 4.47. The largest absolute Gasteiger partial charge is 0.327 e. The van der Waals surface area contributed by atoms with Crippen LogP contribution < -0.4 is 5.32 Å². The molecule has 0 amide bonds. The van der Waals surface area contributed by atoms with E-state index in [4.69, 9.17) is 0 Å². The first kappa shape index (κ1) is 12.8. The predicted octanol–water partition coefficient (Wildman–Crippen LogP) is 3.11. The van der Waals surface area contributed by atoms with Crippen molar-refractivity contribution in [3.05, 3.63) is 42.7 Å². The zero-order chi connectivity index (χ0) is 13.0. The Morgan fingerprint density at radius 1 is 1.17 bits per heavy atom. The topological polar surface area (TPSA) is 29.9 Å². The van der Waals surface area contributed by atoms with E-state index >= 15 is 0 Å². The molecule has 2 rings (SSSR count). The van der Waals surface area contributed by atoms with Gasteiger partial charge < -0.3 is 9.88 Å². The van der Waals surface area contributed by atoms with Crippen molar-refractivity contribution in [2.75, 3.05) is 6.54 Å². The minimum Gasteiger partial charge on any atom is -0.327 e. The van der Waals surface area contributed by atoms with Gasteiger partial charge in [-0.1, -0.05) is 44.2 Å². The van der Waals surface area contributed by atoms with Crippen LogP contribution in [0.5, 0.6) is 0 Å². The van der Waals surface area contributed by atoms with Gasteiger partial charge in [0.25, 0.3) is 0 Å². The molecule has 0 aliphatic carbocycles. The Hall–Kier alpha value is -1.61. The van der Waals surface area contributed by atoms with Crippen LogP contribution >= 0.6 is 0 Å². The lowest BCUT2D eigenvalue weighted by atomic mass is 10.2. The first-order valence-corrected chi connectivity index (χ1v) is 6.50. The molecule has 2 aromatic rings. The second-order valence-corrected chi connectivity index (χ2v) is 4.94. The minimum atomic E-state index is 0.394. The summed E-state index contributed by atoms with van der Waals surface area (Å²) in [6.07, 6.45) is 3.92. The summed E-state index contributed by atoms with van der Waals surface area (Å²) in [5, 5.41) is 3.46. The predicted molar refractivity (Wildman–Crippen MR) is 75.5 cm³/mol. The number of hydrogen-bond acceptors (Lipinski definition) is 2. The van der Waals surface area contributed by atoms with E-state index in [0.29, 0.717) is 12.1 Å². The van der Waals surface area contributed by atoms with Crippen molar-refractivity contribution in [2.45, 2.75) is 32.9 Å². The average molecular weight is 243 g/mol. The fourth-order valence-corrected chi connectivity index (χ4v) is 1.98. The molecular formula is C15H21N3. The van der Waals surface area contributed by atoms with E-state index in [0.717, 1.165) is 12.4 Å². The smallest absolute Gasteiger partial charge is 0.140 e. The Bertz CT molecular complexity index is 473. The maximum Gasteiger partial charge on any atom is 0.140 e. The molecule has 1 aromatic heterocycles. The van der Waals surface area contributed by atoms with Gasteiger partial charge in [0, 0.05) is 36.6 Å². The van der Waals surface area contributed by atoms with Gasteiger partial charge in [0.15, 0.2) is 0 Å². The zero-order valence-corrected chi connectivity index (χ0v) is 11.3. The first-order chi connectivity index (χ1) is 8.68. The molecule has 0 bridgehead atoms. The molecule has 0 saturated carbocycles. The van der Waals surface area contributed by atoms with Crippen LogP contribution in [-0.4, -0.2) is 22.1 Å². The Morgan fingerprint density at radius 2 is 1.89 bits per heavy atom. The molecule has 3 heteroatoms. The first-order valence-electron chi connectivity index (χ1n) is 6.50. The van der Waals surface area contributed by atoms with Crippen LogP contribution in [0.1, 0.15) is 26.8 Å². The van der Waals surface area contributed by atoms with E-state index in [1.807, 2.05) is 24.4 Å². The molecule has 1 atom stereocenters. The summed E-state index contributed by atoms with van der Waals surface area (Å²) in [6, 6.07) is 11.2. The zero-order valence-electron chi connectivity index (χ0n) is 11.3. The second-order valence-electron chi connectivity index (χ2n) is 4.94. The van der Waals surface area contributed by atoms with Crippen LogP contribution in [0.3, 0.4) is 0 Å². The number of rotatable bonds is 5. The third-order valence-corrected chi connectivity index (χ3v) is 3.00. The maximum absolute atomic E-state index is 4.47. The van der Waals surface area contributed by atoms with Gasteiger partial charge in [-0.25, -0.2) is 4.98 Å². The van der Waals surface area contributed by atoms with E-state index in [-0.39, 0.29) is 0 Å². The molecule has 1 heterocycles. The van der Waals surface area contributed by atoms with Crippen LogP contribution in [-0.2, 0) is 0 Å². The summed E-state index contributed by atoms with van der Waals surface area (Å²) in [7, 11) is 0. The Labute approximate surface area is 109 Å². The van der Waals surface area contributed by atoms with Crippen molar-refractivity contribution < 1.29 is 0 Å². The normalized spacial score (nSPS) is 12.9. The standard InChI is InChI=1S/C15H21N3/c1-12(2)17-11-13(3)18-10-9-16-15(18)14-7-5-4-6-8-14/h4-10,12-13,17H,11H2,1-3H3. The number of nitrogens with zero attached hydrogens (tertiary/aromatic N) is 2. The highest BCUT2D eigenvalue weighted by atomic mass is 15.1. The van der Waals surface area contributed by atoms with Crippen LogP contribution in [0, 0.1) is 0 Å². The molecule has 1 unspecified atom stereocenters. The molecule has 18 heavy (non-hydrogen) atoms. The van der Waals surface area contributed by atoms with E-state index in [2.05, 4.69) is 54.0 Å². The van der Waals surface area contributed by atoms with Crippen molar-refractivity contribution in [3.8, 4) is 11.4 Å². The summed E-state index contributed by atoms with van der Waals surface area (Å²) in [5.41, 5.74) is 1.17.